The Morgan fingerprint density at radius 1 is 1.29 bits per heavy atom. The van der Waals surface area contributed by atoms with Gasteiger partial charge in [0.25, 0.3) is 0 Å². The maximum Gasteiger partial charge on any atom is 0.149 e. The molecule has 3 nitrogen and oxygen atoms in total. The smallest absolute Gasteiger partial charge is 0.149 e. The van der Waals surface area contributed by atoms with E-state index in [1.807, 2.05) is 37.3 Å². The van der Waals surface area contributed by atoms with E-state index in [1.54, 1.807) is 6.92 Å². The zero-order chi connectivity index (χ0) is 12.7. The van der Waals surface area contributed by atoms with Gasteiger partial charge in [-0.3, -0.25) is 4.79 Å². The van der Waals surface area contributed by atoms with E-state index in [4.69, 9.17) is 10.5 Å². The molecule has 0 saturated heterocycles. The van der Waals surface area contributed by atoms with Gasteiger partial charge in [0.15, 0.2) is 0 Å². The lowest BCUT2D eigenvalue weighted by Gasteiger charge is -2.12. The number of Topliss-reactive ketones (excluding diaryl/α,β-unsaturated/α-hetero) is 1. The first kappa shape index (κ1) is 13.9. The zero-order valence-electron chi connectivity index (χ0n) is 10.6. The molecule has 0 amide bonds. The fraction of sp³-hybridized carbons (Fsp3) is 0.500. The number of hydrogen-bond acceptors (Lipinski definition) is 3. The van der Waals surface area contributed by atoms with Gasteiger partial charge in [0.2, 0.25) is 0 Å². The summed E-state index contributed by atoms with van der Waals surface area (Å²) in [6.45, 7) is 4.91. The normalized spacial score (nSPS) is 14.3. The summed E-state index contributed by atoms with van der Waals surface area (Å²) in [4.78, 5) is 11.4. The predicted molar refractivity (Wildman–Crippen MR) is 68.5 cm³/mol. The lowest BCUT2D eigenvalue weighted by Crippen LogP contribution is -2.28. The fourth-order valence-electron chi connectivity index (χ4n) is 1.54. The number of benzene rings is 1. The molecule has 2 unspecified atom stereocenters. The third-order valence-electron chi connectivity index (χ3n) is 2.57. The summed E-state index contributed by atoms with van der Waals surface area (Å²) >= 11 is 0. The molecule has 0 aliphatic heterocycles. The number of ketones is 1. The van der Waals surface area contributed by atoms with Crippen molar-refractivity contribution in [3.63, 3.8) is 0 Å². The Balaban J connectivity index is 2.20. The summed E-state index contributed by atoms with van der Waals surface area (Å²) in [6.07, 6.45) is 0.493. The van der Waals surface area contributed by atoms with Crippen molar-refractivity contribution < 1.29 is 9.53 Å². The van der Waals surface area contributed by atoms with Gasteiger partial charge in [0.05, 0.1) is 12.6 Å². The summed E-state index contributed by atoms with van der Waals surface area (Å²) in [7, 11) is 0. The first-order valence-electron chi connectivity index (χ1n) is 5.99. The lowest BCUT2D eigenvalue weighted by molar-refractivity contribution is -0.121. The molecule has 0 spiro atoms. The van der Waals surface area contributed by atoms with Gasteiger partial charge < -0.3 is 10.5 Å². The van der Waals surface area contributed by atoms with E-state index < -0.39 is 0 Å². The van der Waals surface area contributed by atoms with E-state index in [0.29, 0.717) is 19.6 Å². The summed E-state index contributed by atoms with van der Waals surface area (Å²) in [5, 5.41) is 0. The van der Waals surface area contributed by atoms with E-state index in [2.05, 4.69) is 0 Å². The van der Waals surface area contributed by atoms with Crippen molar-refractivity contribution in [2.24, 2.45) is 11.7 Å². The van der Waals surface area contributed by atoms with Crippen molar-refractivity contribution in [1.82, 2.24) is 0 Å². The van der Waals surface area contributed by atoms with Crippen LogP contribution in [-0.2, 0) is 16.1 Å². The van der Waals surface area contributed by atoms with Gasteiger partial charge in [-0.15, -0.1) is 0 Å². The van der Waals surface area contributed by atoms with Gasteiger partial charge in [-0.25, -0.2) is 0 Å². The molecule has 2 atom stereocenters. The summed E-state index contributed by atoms with van der Waals surface area (Å²) in [5.41, 5.74) is 6.66. The number of carbonyl (C=O) groups excluding carboxylic acids is 1. The Labute approximate surface area is 103 Å². The number of rotatable bonds is 7. The molecule has 0 fully saturated rings. The average Bonchev–Trinajstić information content (AvgIpc) is 2.30. The largest absolute Gasteiger partial charge is 0.376 e. The third kappa shape index (κ3) is 5.61. The highest BCUT2D eigenvalue weighted by Crippen LogP contribution is 2.07. The van der Waals surface area contributed by atoms with Gasteiger partial charge in [-0.1, -0.05) is 37.3 Å². The van der Waals surface area contributed by atoms with Crippen molar-refractivity contribution in [1.29, 1.82) is 0 Å². The van der Waals surface area contributed by atoms with E-state index >= 15 is 0 Å². The second-order valence-corrected chi connectivity index (χ2v) is 4.57. The van der Waals surface area contributed by atoms with Crippen LogP contribution < -0.4 is 5.73 Å². The number of ether oxygens (including phenoxy) is 1. The Kier molecular flexibility index (Phi) is 5.87. The van der Waals surface area contributed by atoms with E-state index in [-0.39, 0.29) is 17.7 Å². The predicted octanol–water partition coefficient (Wildman–Crippen LogP) is 2.15. The molecular formula is C14H21NO2. The molecular weight excluding hydrogens is 214 g/mol. The second kappa shape index (κ2) is 7.20. The molecule has 1 rings (SSSR count). The van der Waals surface area contributed by atoms with Crippen molar-refractivity contribution >= 4 is 5.78 Å². The minimum absolute atomic E-state index is 0.0980. The molecule has 0 radical (unpaired) electrons. The Morgan fingerprint density at radius 2 is 1.94 bits per heavy atom. The Morgan fingerprint density at radius 3 is 2.53 bits per heavy atom. The number of hydrogen-bond donors (Lipinski definition) is 1. The SMILES string of the molecule is CC(COCc1ccccc1)CC(=O)C(C)N. The maximum atomic E-state index is 11.4. The highest BCUT2D eigenvalue weighted by Gasteiger charge is 2.12. The zero-order valence-corrected chi connectivity index (χ0v) is 10.6. The van der Waals surface area contributed by atoms with Crippen molar-refractivity contribution in [3.8, 4) is 0 Å². The van der Waals surface area contributed by atoms with Gasteiger partial charge in [0, 0.05) is 13.0 Å². The standard InChI is InChI=1S/C14H21NO2/c1-11(8-14(16)12(2)15)9-17-10-13-6-4-3-5-7-13/h3-7,11-12H,8-10,15H2,1-2H3. The lowest BCUT2D eigenvalue weighted by atomic mass is 10.0. The van der Waals surface area contributed by atoms with Crippen LogP contribution in [0.15, 0.2) is 30.3 Å². The molecule has 3 heteroatoms. The van der Waals surface area contributed by atoms with Gasteiger partial charge in [0.1, 0.15) is 5.78 Å². The van der Waals surface area contributed by atoms with Crippen LogP contribution in [0, 0.1) is 5.92 Å². The van der Waals surface area contributed by atoms with Gasteiger partial charge in [-0.2, -0.15) is 0 Å². The highest BCUT2D eigenvalue weighted by molar-refractivity contribution is 5.83. The van der Waals surface area contributed by atoms with Crippen molar-refractivity contribution in [2.75, 3.05) is 6.61 Å². The molecule has 17 heavy (non-hydrogen) atoms. The molecule has 1 aromatic rings. The van der Waals surface area contributed by atoms with Crippen molar-refractivity contribution in [2.45, 2.75) is 32.9 Å². The van der Waals surface area contributed by atoms with Crippen LogP contribution in [0.25, 0.3) is 0 Å². The van der Waals surface area contributed by atoms with Crippen LogP contribution in [0.3, 0.4) is 0 Å². The van der Waals surface area contributed by atoms with Crippen LogP contribution in [0.2, 0.25) is 0 Å². The quantitative estimate of drug-likeness (QED) is 0.787. The number of nitrogens with two attached hydrogens (primary N) is 1. The highest BCUT2D eigenvalue weighted by atomic mass is 16.5. The maximum absolute atomic E-state index is 11.4. The third-order valence-corrected chi connectivity index (χ3v) is 2.57. The van der Waals surface area contributed by atoms with Gasteiger partial charge >= 0.3 is 0 Å². The number of carbonyl (C=O) groups is 1. The van der Waals surface area contributed by atoms with Crippen LogP contribution in [0.1, 0.15) is 25.8 Å². The monoisotopic (exact) mass is 235 g/mol. The Hall–Kier alpha value is -1.19. The minimum Gasteiger partial charge on any atom is -0.376 e. The van der Waals surface area contributed by atoms with Crippen molar-refractivity contribution in [3.05, 3.63) is 35.9 Å². The molecule has 0 aromatic heterocycles. The van der Waals surface area contributed by atoms with Crippen LogP contribution in [0.5, 0.6) is 0 Å². The Bertz CT molecular complexity index is 335. The fourth-order valence-corrected chi connectivity index (χ4v) is 1.54. The molecule has 2 N–H and O–H groups in total. The van der Waals surface area contributed by atoms with E-state index in [0.717, 1.165) is 5.56 Å². The first-order chi connectivity index (χ1) is 8.09. The van der Waals surface area contributed by atoms with Gasteiger partial charge in [-0.05, 0) is 18.4 Å². The molecule has 0 aliphatic rings. The van der Waals surface area contributed by atoms with Crippen LogP contribution >= 0.6 is 0 Å². The topological polar surface area (TPSA) is 52.3 Å². The summed E-state index contributed by atoms with van der Waals surface area (Å²) in [5.74, 6) is 0.318. The molecule has 0 bridgehead atoms. The average molecular weight is 235 g/mol. The molecule has 0 heterocycles. The molecule has 0 saturated carbocycles. The summed E-state index contributed by atoms with van der Waals surface area (Å²) < 4.78 is 5.57. The van der Waals surface area contributed by atoms with Crippen LogP contribution in [-0.4, -0.2) is 18.4 Å². The van der Waals surface area contributed by atoms with E-state index in [1.165, 1.54) is 0 Å². The molecule has 94 valence electrons. The first-order valence-corrected chi connectivity index (χ1v) is 5.99. The minimum atomic E-state index is -0.369. The summed E-state index contributed by atoms with van der Waals surface area (Å²) in [6, 6.07) is 9.64. The molecule has 0 aliphatic carbocycles. The second-order valence-electron chi connectivity index (χ2n) is 4.57. The van der Waals surface area contributed by atoms with Crippen LogP contribution in [0.4, 0.5) is 0 Å². The molecule has 1 aromatic carbocycles. The van der Waals surface area contributed by atoms with E-state index in [9.17, 15) is 4.79 Å².